The molecule has 7 heteroatoms. The Morgan fingerprint density at radius 1 is 0.854 bits per heavy atom. The lowest BCUT2D eigenvalue weighted by Gasteiger charge is -2.36. The monoisotopic (exact) mass is 551 g/mol. The normalized spacial score (nSPS) is 13.7. The zero-order valence-corrected chi connectivity index (χ0v) is 24.0. The Morgan fingerprint density at radius 2 is 1.56 bits per heavy atom. The third-order valence-electron chi connectivity index (χ3n) is 7.11. The van der Waals surface area contributed by atoms with Crippen molar-refractivity contribution in [3.05, 3.63) is 108 Å². The molecule has 1 saturated heterocycles. The van der Waals surface area contributed by atoms with Crippen LogP contribution >= 0.6 is 0 Å². The molecule has 212 valence electrons. The SMILES string of the molecule is COc1ccc(CN2CCN(c3nccc(-c4ccccc4)c3C(=O)OC(C)C)CC2)cc1OCc1ccccc1. The quantitative estimate of drug-likeness (QED) is 0.217. The maximum Gasteiger partial charge on any atom is 0.342 e. The van der Waals surface area contributed by atoms with E-state index in [0.29, 0.717) is 18.0 Å². The van der Waals surface area contributed by atoms with E-state index in [1.165, 1.54) is 0 Å². The molecule has 0 unspecified atom stereocenters. The summed E-state index contributed by atoms with van der Waals surface area (Å²) >= 11 is 0. The van der Waals surface area contributed by atoms with Crippen LogP contribution in [0.15, 0.2) is 91.1 Å². The molecule has 0 saturated carbocycles. The number of hydrogen-bond donors (Lipinski definition) is 0. The number of aromatic nitrogens is 1. The standard InChI is InChI=1S/C34H37N3O4/c1-25(2)41-34(38)32-29(28-12-8-5-9-13-28)16-17-35-33(32)37-20-18-36(19-21-37)23-27-14-15-30(39-3)31(22-27)40-24-26-10-6-4-7-11-26/h4-17,22,25H,18-21,23-24H2,1-3H3. The minimum absolute atomic E-state index is 0.220. The first kappa shape index (κ1) is 28.2. The lowest BCUT2D eigenvalue weighted by atomic mass is 10.00. The van der Waals surface area contributed by atoms with Gasteiger partial charge >= 0.3 is 5.97 Å². The number of nitrogens with zero attached hydrogens (tertiary/aromatic N) is 3. The van der Waals surface area contributed by atoms with Crippen molar-refractivity contribution in [1.82, 2.24) is 9.88 Å². The van der Waals surface area contributed by atoms with E-state index in [2.05, 4.69) is 26.9 Å². The smallest absolute Gasteiger partial charge is 0.342 e. The van der Waals surface area contributed by atoms with Crippen molar-refractivity contribution in [2.75, 3.05) is 38.2 Å². The van der Waals surface area contributed by atoms with Crippen molar-refractivity contribution in [2.24, 2.45) is 0 Å². The highest BCUT2D eigenvalue weighted by atomic mass is 16.5. The first-order valence-electron chi connectivity index (χ1n) is 14.1. The molecule has 3 aromatic carbocycles. The van der Waals surface area contributed by atoms with Crippen molar-refractivity contribution >= 4 is 11.8 Å². The third kappa shape index (κ3) is 7.05. The molecule has 0 N–H and O–H groups in total. The second-order valence-electron chi connectivity index (χ2n) is 10.4. The lowest BCUT2D eigenvalue weighted by Crippen LogP contribution is -2.46. The topological polar surface area (TPSA) is 64.1 Å². The molecule has 0 bridgehead atoms. The molecule has 0 radical (unpaired) electrons. The fourth-order valence-electron chi connectivity index (χ4n) is 5.07. The van der Waals surface area contributed by atoms with Gasteiger partial charge in [-0.2, -0.15) is 0 Å². The Hall–Kier alpha value is -4.36. The molecule has 1 aliphatic rings. The number of benzene rings is 3. The van der Waals surface area contributed by atoms with Gasteiger partial charge < -0.3 is 19.1 Å². The summed E-state index contributed by atoms with van der Waals surface area (Å²) in [7, 11) is 1.66. The van der Waals surface area contributed by atoms with Crippen LogP contribution in [0, 0.1) is 0 Å². The maximum absolute atomic E-state index is 13.3. The molecule has 5 rings (SSSR count). The van der Waals surface area contributed by atoms with Crippen LogP contribution in [0.4, 0.5) is 5.82 Å². The lowest BCUT2D eigenvalue weighted by molar-refractivity contribution is 0.0379. The summed E-state index contributed by atoms with van der Waals surface area (Å²) in [5.74, 6) is 1.80. The zero-order chi connectivity index (χ0) is 28.6. The molecule has 0 amide bonds. The molecule has 1 aliphatic heterocycles. The van der Waals surface area contributed by atoms with Gasteiger partial charge in [0.1, 0.15) is 18.0 Å². The van der Waals surface area contributed by atoms with Crippen molar-refractivity contribution in [3.8, 4) is 22.6 Å². The molecule has 41 heavy (non-hydrogen) atoms. The Labute approximate surface area is 242 Å². The average Bonchev–Trinajstić information content (AvgIpc) is 3.01. The third-order valence-corrected chi connectivity index (χ3v) is 7.11. The highest BCUT2D eigenvalue weighted by molar-refractivity contribution is 6.02. The maximum atomic E-state index is 13.3. The first-order valence-corrected chi connectivity index (χ1v) is 14.1. The second-order valence-corrected chi connectivity index (χ2v) is 10.4. The summed E-state index contributed by atoms with van der Waals surface area (Å²) in [4.78, 5) is 22.6. The summed E-state index contributed by atoms with van der Waals surface area (Å²) in [6, 6.07) is 28.1. The van der Waals surface area contributed by atoms with Gasteiger partial charge in [-0.25, -0.2) is 9.78 Å². The number of piperazine rings is 1. The second kappa shape index (κ2) is 13.3. The van der Waals surface area contributed by atoms with Gasteiger partial charge in [0.15, 0.2) is 11.5 Å². The van der Waals surface area contributed by atoms with Crippen molar-refractivity contribution in [1.29, 1.82) is 0 Å². The number of hydrogen-bond acceptors (Lipinski definition) is 7. The fraction of sp³-hybridized carbons (Fsp3) is 0.294. The van der Waals surface area contributed by atoms with Crippen LogP contribution in [0.2, 0.25) is 0 Å². The number of pyridine rings is 1. The Balaban J connectivity index is 1.29. The molecule has 0 aliphatic carbocycles. The van der Waals surface area contributed by atoms with Crippen molar-refractivity contribution < 1.29 is 19.0 Å². The summed E-state index contributed by atoms with van der Waals surface area (Å²) < 4.78 is 17.3. The van der Waals surface area contributed by atoms with E-state index in [4.69, 9.17) is 14.2 Å². The molecule has 1 aromatic heterocycles. The fourth-order valence-corrected chi connectivity index (χ4v) is 5.07. The van der Waals surface area contributed by atoms with Crippen LogP contribution in [-0.2, 0) is 17.9 Å². The number of methoxy groups -OCH3 is 1. The molecule has 7 nitrogen and oxygen atoms in total. The molecular weight excluding hydrogens is 514 g/mol. The van der Waals surface area contributed by atoms with Gasteiger partial charge in [0.25, 0.3) is 0 Å². The van der Waals surface area contributed by atoms with Crippen LogP contribution < -0.4 is 14.4 Å². The van der Waals surface area contributed by atoms with E-state index >= 15 is 0 Å². The molecule has 0 spiro atoms. The Kier molecular flexibility index (Phi) is 9.16. The molecular formula is C34H37N3O4. The number of esters is 1. The summed E-state index contributed by atoms with van der Waals surface area (Å²) in [5.41, 5.74) is 4.60. The highest BCUT2D eigenvalue weighted by Crippen LogP contribution is 2.32. The van der Waals surface area contributed by atoms with Crippen LogP contribution in [0.25, 0.3) is 11.1 Å². The van der Waals surface area contributed by atoms with Gasteiger partial charge in [0.05, 0.1) is 13.2 Å². The summed E-state index contributed by atoms with van der Waals surface area (Å²) in [6.45, 7) is 8.18. The van der Waals surface area contributed by atoms with E-state index in [-0.39, 0.29) is 12.1 Å². The van der Waals surface area contributed by atoms with Gasteiger partial charge in [-0.1, -0.05) is 66.7 Å². The number of anilines is 1. The number of carbonyl (C=O) groups excluding carboxylic acids is 1. The van der Waals surface area contributed by atoms with Crippen molar-refractivity contribution in [3.63, 3.8) is 0 Å². The van der Waals surface area contributed by atoms with Crippen molar-refractivity contribution in [2.45, 2.75) is 33.1 Å². The van der Waals surface area contributed by atoms with E-state index in [1.807, 2.05) is 86.6 Å². The van der Waals surface area contributed by atoms with Crippen LogP contribution in [-0.4, -0.2) is 55.2 Å². The van der Waals surface area contributed by atoms with Gasteiger partial charge in [-0.05, 0) is 48.7 Å². The molecule has 4 aromatic rings. The minimum atomic E-state index is -0.342. The van der Waals surface area contributed by atoms with Crippen LogP contribution in [0.1, 0.15) is 35.3 Å². The number of rotatable bonds is 10. The van der Waals surface area contributed by atoms with Gasteiger partial charge in [-0.15, -0.1) is 0 Å². The van der Waals surface area contributed by atoms with Gasteiger partial charge in [0.2, 0.25) is 0 Å². The van der Waals surface area contributed by atoms with Crippen LogP contribution in [0.3, 0.4) is 0 Å². The molecule has 1 fully saturated rings. The Morgan fingerprint density at radius 3 is 2.24 bits per heavy atom. The largest absolute Gasteiger partial charge is 0.493 e. The van der Waals surface area contributed by atoms with E-state index in [0.717, 1.165) is 66.5 Å². The average molecular weight is 552 g/mol. The zero-order valence-electron chi connectivity index (χ0n) is 24.0. The number of ether oxygens (including phenoxy) is 3. The molecule has 0 atom stereocenters. The predicted octanol–water partition coefficient (Wildman–Crippen LogP) is 6.22. The summed E-state index contributed by atoms with van der Waals surface area (Å²) in [5, 5.41) is 0. The van der Waals surface area contributed by atoms with E-state index < -0.39 is 0 Å². The Bertz CT molecular complexity index is 1440. The number of carbonyl (C=O) groups is 1. The minimum Gasteiger partial charge on any atom is -0.493 e. The summed E-state index contributed by atoms with van der Waals surface area (Å²) in [6.07, 6.45) is 1.56. The predicted molar refractivity (Wildman–Crippen MR) is 161 cm³/mol. The van der Waals surface area contributed by atoms with Gasteiger partial charge in [-0.3, -0.25) is 4.90 Å². The highest BCUT2D eigenvalue weighted by Gasteiger charge is 2.27. The van der Waals surface area contributed by atoms with E-state index in [1.54, 1.807) is 13.3 Å². The van der Waals surface area contributed by atoms with Gasteiger partial charge in [0, 0.05) is 44.5 Å². The van der Waals surface area contributed by atoms with Crippen LogP contribution in [0.5, 0.6) is 11.5 Å². The molecule has 2 heterocycles. The first-order chi connectivity index (χ1) is 20.0. The van der Waals surface area contributed by atoms with E-state index in [9.17, 15) is 4.79 Å².